The summed E-state index contributed by atoms with van der Waals surface area (Å²) < 4.78 is 61.1. The molecule has 0 saturated carbocycles. The quantitative estimate of drug-likeness (QED) is 0.570. The topological polar surface area (TPSA) is 38.9 Å². The third-order valence-corrected chi connectivity index (χ3v) is 1.49. The molecule has 0 saturated heterocycles. The zero-order chi connectivity index (χ0) is 10.9. The van der Waals surface area contributed by atoms with Gasteiger partial charge < -0.3 is 5.73 Å². The number of pyridine rings is 1. The van der Waals surface area contributed by atoms with E-state index in [1.165, 1.54) is 0 Å². The minimum Gasteiger partial charge on any atom is -0.315 e. The van der Waals surface area contributed by atoms with Crippen LogP contribution in [-0.2, 0) is 0 Å². The maximum atomic E-state index is 12.7. The van der Waals surface area contributed by atoms with Gasteiger partial charge in [0.2, 0.25) is 5.95 Å². The number of alkyl halides is 3. The van der Waals surface area contributed by atoms with Crippen LogP contribution in [0.5, 0.6) is 0 Å². The highest BCUT2D eigenvalue weighted by Crippen LogP contribution is 2.30. The maximum absolute atomic E-state index is 12.7. The second-order valence-corrected chi connectivity index (χ2v) is 2.52. The predicted octanol–water partition coefficient (Wildman–Crippen LogP) is 1.92. The van der Waals surface area contributed by atoms with Gasteiger partial charge in [-0.1, -0.05) is 0 Å². The van der Waals surface area contributed by atoms with Crippen molar-refractivity contribution in [1.82, 2.24) is 4.98 Å². The number of aromatic nitrogens is 1. The van der Waals surface area contributed by atoms with E-state index in [2.05, 4.69) is 10.7 Å². The van der Waals surface area contributed by atoms with Crippen LogP contribution in [0, 0.1) is 11.8 Å². The first-order valence-corrected chi connectivity index (χ1v) is 3.46. The van der Waals surface area contributed by atoms with Crippen LogP contribution in [0.15, 0.2) is 12.1 Å². The zero-order valence-corrected chi connectivity index (χ0v) is 6.65. The Hall–Kier alpha value is -1.24. The van der Waals surface area contributed by atoms with Gasteiger partial charge >= 0.3 is 6.18 Å². The fourth-order valence-electron chi connectivity index (χ4n) is 0.806. The molecule has 0 aliphatic carbocycles. The lowest BCUT2D eigenvalue weighted by Crippen LogP contribution is -2.30. The molecular formula is C7H5F5N2. The Kier molecular flexibility index (Phi) is 2.70. The summed E-state index contributed by atoms with van der Waals surface area (Å²) in [4.78, 5) is 2.75. The fourth-order valence-corrected chi connectivity index (χ4v) is 0.806. The summed E-state index contributed by atoms with van der Waals surface area (Å²) in [6, 6.07) is -1.45. The number of nitrogens with zero attached hydrogens (tertiary/aromatic N) is 1. The van der Waals surface area contributed by atoms with Crippen LogP contribution in [0.3, 0.4) is 0 Å². The zero-order valence-electron chi connectivity index (χ0n) is 6.65. The molecule has 0 bridgehead atoms. The monoisotopic (exact) mass is 212 g/mol. The van der Waals surface area contributed by atoms with Gasteiger partial charge in [0, 0.05) is 0 Å². The van der Waals surface area contributed by atoms with Crippen LogP contribution in [0.2, 0.25) is 0 Å². The smallest absolute Gasteiger partial charge is 0.315 e. The van der Waals surface area contributed by atoms with Crippen molar-refractivity contribution in [2.24, 2.45) is 5.73 Å². The molecule has 0 aromatic carbocycles. The van der Waals surface area contributed by atoms with E-state index in [0.29, 0.717) is 12.1 Å². The van der Waals surface area contributed by atoms with Crippen molar-refractivity contribution in [1.29, 1.82) is 0 Å². The van der Waals surface area contributed by atoms with Crippen LogP contribution in [-0.4, -0.2) is 11.2 Å². The summed E-state index contributed by atoms with van der Waals surface area (Å²) in [6.45, 7) is 0. The highest BCUT2D eigenvalue weighted by atomic mass is 19.4. The number of halogens is 5. The largest absolute Gasteiger partial charge is 0.409 e. The minimum atomic E-state index is -4.85. The number of rotatable bonds is 1. The van der Waals surface area contributed by atoms with Gasteiger partial charge in [-0.15, -0.1) is 0 Å². The SMILES string of the molecule is N[C@H](c1nc(F)ccc1F)C(F)(F)F. The Labute approximate surface area is 75.5 Å². The highest BCUT2D eigenvalue weighted by molar-refractivity contribution is 5.13. The Bertz CT molecular complexity index is 335. The molecule has 1 aromatic heterocycles. The van der Waals surface area contributed by atoms with Gasteiger partial charge in [0.15, 0.2) is 0 Å². The molecule has 1 heterocycles. The van der Waals surface area contributed by atoms with Gasteiger partial charge in [-0.25, -0.2) is 9.37 Å². The summed E-state index contributed by atoms with van der Waals surface area (Å²) >= 11 is 0. The van der Waals surface area contributed by atoms with E-state index in [4.69, 9.17) is 0 Å². The fraction of sp³-hybridized carbons (Fsp3) is 0.286. The number of hydrogen-bond donors (Lipinski definition) is 1. The second kappa shape index (κ2) is 3.49. The van der Waals surface area contributed by atoms with E-state index in [1.54, 1.807) is 0 Å². The molecule has 0 radical (unpaired) electrons. The highest BCUT2D eigenvalue weighted by Gasteiger charge is 2.40. The van der Waals surface area contributed by atoms with Crippen molar-refractivity contribution >= 4 is 0 Å². The average Bonchev–Trinajstić information content (AvgIpc) is 2.06. The molecule has 0 unspecified atom stereocenters. The van der Waals surface area contributed by atoms with E-state index in [0.717, 1.165) is 0 Å². The van der Waals surface area contributed by atoms with Crippen LogP contribution in [0.25, 0.3) is 0 Å². The van der Waals surface area contributed by atoms with Gasteiger partial charge in [-0.3, -0.25) is 0 Å². The lowest BCUT2D eigenvalue weighted by molar-refractivity contribution is -0.150. The molecule has 0 amide bonds. The Morgan fingerprint density at radius 3 is 2.29 bits per heavy atom. The Balaban J connectivity index is 3.12. The van der Waals surface area contributed by atoms with E-state index < -0.39 is 29.7 Å². The second-order valence-electron chi connectivity index (χ2n) is 2.52. The molecule has 1 aromatic rings. The molecule has 78 valence electrons. The lowest BCUT2D eigenvalue weighted by Gasteiger charge is -2.15. The van der Waals surface area contributed by atoms with Crippen molar-refractivity contribution in [3.63, 3.8) is 0 Å². The molecule has 14 heavy (non-hydrogen) atoms. The molecule has 7 heteroatoms. The standard InChI is InChI=1S/C7H5F5N2/c8-3-1-2-4(9)14-5(3)6(13)7(10,11)12/h1-2,6H,13H2/t6-/m1/s1. The summed E-state index contributed by atoms with van der Waals surface area (Å²) in [5.74, 6) is -2.49. The average molecular weight is 212 g/mol. The first-order chi connectivity index (χ1) is 6.32. The van der Waals surface area contributed by atoms with Gasteiger partial charge in [0.1, 0.15) is 17.6 Å². The van der Waals surface area contributed by atoms with Crippen molar-refractivity contribution in [3.05, 3.63) is 29.6 Å². The Morgan fingerprint density at radius 1 is 1.21 bits per heavy atom. The molecule has 2 N–H and O–H groups in total. The van der Waals surface area contributed by atoms with Gasteiger partial charge in [0.05, 0.1) is 0 Å². The van der Waals surface area contributed by atoms with Crippen molar-refractivity contribution in [2.75, 3.05) is 0 Å². The molecular weight excluding hydrogens is 207 g/mol. The van der Waals surface area contributed by atoms with Gasteiger partial charge in [-0.05, 0) is 12.1 Å². The summed E-state index contributed by atoms with van der Waals surface area (Å²) in [5, 5.41) is 0. The lowest BCUT2D eigenvalue weighted by atomic mass is 10.2. The van der Waals surface area contributed by atoms with E-state index in [-0.39, 0.29) is 0 Å². The van der Waals surface area contributed by atoms with E-state index in [9.17, 15) is 22.0 Å². The van der Waals surface area contributed by atoms with Crippen LogP contribution in [0.4, 0.5) is 22.0 Å². The molecule has 1 rings (SSSR count). The first kappa shape index (κ1) is 10.8. The molecule has 2 nitrogen and oxygen atoms in total. The third kappa shape index (κ3) is 2.16. The predicted molar refractivity (Wildman–Crippen MR) is 37.1 cm³/mol. The molecule has 0 aliphatic rings. The summed E-state index contributed by atoms with van der Waals surface area (Å²) in [6.07, 6.45) is -4.85. The van der Waals surface area contributed by atoms with Crippen molar-refractivity contribution < 1.29 is 22.0 Å². The number of nitrogens with two attached hydrogens (primary N) is 1. The third-order valence-electron chi connectivity index (χ3n) is 1.49. The first-order valence-electron chi connectivity index (χ1n) is 3.46. The van der Waals surface area contributed by atoms with Crippen LogP contribution >= 0.6 is 0 Å². The maximum Gasteiger partial charge on any atom is 0.409 e. The van der Waals surface area contributed by atoms with E-state index >= 15 is 0 Å². The van der Waals surface area contributed by atoms with Gasteiger partial charge in [0.25, 0.3) is 0 Å². The summed E-state index contributed by atoms with van der Waals surface area (Å²) in [7, 11) is 0. The normalized spacial score (nSPS) is 14.1. The van der Waals surface area contributed by atoms with Crippen molar-refractivity contribution in [3.8, 4) is 0 Å². The minimum absolute atomic E-state index is 0.545. The van der Waals surface area contributed by atoms with Crippen molar-refractivity contribution in [2.45, 2.75) is 12.2 Å². The van der Waals surface area contributed by atoms with Gasteiger partial charge in [-0.2, -0.15) is 17.6 Å². The Morgan fingerprint density at radius 2 is 1.79 bits per heavy atom. The van der Waals surface area contributed by atoms with Crippen LogP contribution in [0.1, 0.15) is 11.7 Å². The molecule has 1 atom stereocenters. The number of hydrogen-bond acceptors (Lipinski definition) is 2. The van der Waals surface area contributed by atoms with E-state index in [1.807, 2.05) is 0 Å². The van der Waals surface area contributed by atoms with Crippen LogP contribution < -0.4 is 5.73 Å². The summed E-state index contributed by atoms with van der Waals surface area (Å²) in [5.41, 5.74) is 3.51. The molecule has 0 fully saturated rings. The molecule has 0 aliphatic heterocycles. The molecule has 0 spiro atoms.